The van der Waals surface area contributed by atoms with Gasteiger partial charge in [-0.1, -0.05) is 6.92 Å². The number of rotatable bonds is 3. The van der Waals surface area contributed by atoms with Crippen LogP contribution in [0.3, 0.4) is 0 Å². The van der Waals surface area contributed by atoms with E-state index < -0.39 is 0 Å². The maximum absolute atomic E-state index is 11.9. The molecule has 2 heterocycles. The molecule has 2 aliphatic rings. The Balaban J connectivity index is 1.60. The molecule has 1 aliphatic carbocycles. The van der Waals surface area contributed by atoms with Crippen LogP contribution in [0.2, 0.25) is 0 Å². The van der Waals surface area contributed by atoms with Crippen LogP contribution in [0.5, 0.6) is 0 Å². The molecule has 2 amide bonds. The number of carbonyl (C=O) groups is 2. The first kappa shape index (κ1) is 13.0. The van der Waals surface area contributed by atoms with Gasteiger partial charge in [-0.3, -0.25) is 9.59 Å². The molecule has 1 N–H and O–H groups in total. The van der Waals surface area contributed by atoms with Crippen LogP contribution in [0.4, 0.5) is 0 Å². The lowest BCUT2D eigenvalue weighted by atomic mass is 10.3. The van der Waals surface area contributed by atoms with Gasteiger partial charge in [-0.15, -0.1) is 0 Å². The predicted molar refractivity (Wildman–Crippen MR) is 73.9 cm³/mol. The third-order valence-electron chi connectivity index (χ3n) is 3.86. The molecule has 2 unspecified atom stereocenters. The van der Waals surface area contributed by atoms with Gasteiger partial charge in [0.15, 0.2) is 0 Å². The molecule has 0 radical (unpaired) electrons. The molecule has 2 atom stereocenters. The maximum Gasteiger partial charge on any atom is 0.247 e. The average Bonchev–Trinajstić information content (AvgIpc) is 2.99. The highest BCUT2D eigenvalue weighted by Gasteiger charge is 2.36. The molecular formula is C15H18N2O3. The summed E-state index contributed by atoms with van der Waals surface area (Å²) in [7, 11) is 0. The van der Waals surface area contributed by atoms with Crippen molar-refractivity contribution in [3.63, 3.8) is 0 Å². The quantitative estimate of drug-likeness (QED) is 0.847. The SMILES string of the molecule is CC1CC1c1ccc(C=CC(=O)N2CCNC(=O)C2)o1. The first-order valence-corrected chi connectivity index (χ1v) is 6.97. The molecule has 1 saturated carbocycles. The number of piperazine rings is 1. The van der Waals surface area contributed by atoms with Crippen LogP contribution in [0.1, 0.15) is 30.8 Å². The fourth-order valence-corrected chi connectivity index (χ4v) is 2.46. The molecular weight excluding hydrogens is 256 g/mol. The second-order valence-electron chi connectivity index (χ2n) is 5.50. The molecule has 5 nitrogen and oxygen atoms in total. The Hall–Kier alpha value is -2.04. The molecule has 1 aromatic heterocycles. The largest absolute Gasteiger partial charge is 0.461 e. The third-order valence-corrected chi connectivity index (χ3v) is 3.86. The summed E-state index contributed by atoms with van der Waals surface area (Å²) >= 11 is 0. The van der Waals surface area contributed by atoms with Gasteiger partial charge in [0.2, 0.25) is 11.8 Å². The van der Waals surface area contributed by atoms with Crippen molar-refractivity contribution >= 4 is 17.9 Å². The molecule has 1 aromatic rings. The van der Waals surface area contributed by atoms with E-state index in [0.29, 0.717) is 30.7 Å². The summed E-state index contributed by atoms with van der Waals surface area (Å²) in [6.45, 7) is 3.40. The van der Waals surface area contributed by atoms with Gasteiger partial charge in [-0.2, -0.15) is 0 Å². The molecule has 106 valence electrons. The molecule has 0 bridgehead atoms. The summed E-state index contributed by atoms with van der Waals surface area (Å²) in [5.74, 6) is 2.67. The van der Waals surface area contributed by atoms with E-state index in [0.717, 1.165) is 5.76 Å². The number of hydrogen-bond acceptors (Lipinski definition) is 3. The van der Waals surface area contributed by atoms with Crippen molar-refractivity contribution in [2.24, 2.45) is 5.92 Å². The summed E-state index contributed by atoms with van der Waals surface area (Å²) in [4.78, 5) is 24.7. The molecule has 5 heteroatoms. The lowest BCUT2D eigenvalue weighted by Crippen LogP contribution is -2.49. The molecule has 0 aromatic carbocycles. The van der Waals surface area contributed by atoms with E-state index in [9.17, 15) is 9.59 Å². The highest BCUT2D eigenvalue weighted by atomic mass is 16.3. The fraction of sp³-hybridized carbons (Fsp3) is 0.467. The van der Waals surface area contributed by atoms with Gasteiger partial charge in [0, 0.05) is 25.1 Å². The Kier molecular flexibility index (Phi) is 3.34. The van der Waals surface area contributed by atoms with Gasteiger partial charge >= 0.3 is 0 Å². The minimum absolute atomic E-state index is 0.110. The minimum atomic E-state index is -0.155. The highest BCUT2D eigenvalue weighted by Crippen LogP contribution is 2.47. The fourth-order valence-electron chi connectivity index (χ4n) is 2.46. The monoisotopic (exact) mass is 274 g/mol. The second-order valence-corrected chi connectivity index (χ2v) is 5.50. The van der Waals surface area contributed by atoms with Crippen LogP contribution < -0.4 is 5.32 Å². The van der Waals surface area contributed by atoms with E-state index in [-0.39, 0.29) is 18.4 Å². The van der Waals surface area contributed by atoms with E-state index in [1.165, 1.54) is 17.4 Å². The zero-order chi connectivity index (χ0) is 14.1. The highest BCUT2D eigenvalue weighted by molar-refractivity contribution is 5.94. The lowest BCUT2D eigenvalue weighted by molar-refractivity contribution is -0.134. The van der Waals surface area contributed by atoms with Gasteiger partial charge in [-0.05, 0) is 30.5 Å². The van der Waals surface area contributed by atoms with Crippen LogP contribution in [0, 0.1) is 5.92 Å². The van der Waals surface area contributed by atoms with Crippen molar-refractivity contribution in [2.75, 3.05) is 19.6 Å². The van der Waals surface area contributed by atoms with Gasteiger partial charge in [-0.25, -0.2) is 0 Å². The van der Waals surface area contributed by atoms with Crippen molar-refractivity contribution in [3.05, 3.63) is 29.7 Å². The first-order chi connectivity index (χ1) is 9.63. The normalized spacial score (nSPS) is 25.9. The van der Waals surface area contributed by atoms with E-state index in [1.807, 2.05) is 12.1 Å². The Labute approximate surface area is 117 Å². The van der Waals surface area contributed by atoms with E-state index in [1.54, 1.807) is 6.08 Å². The van der Waals surface area contributed by atoms with Crippen LogP contribution in [0.15, 0.2) is 22.6 Å². The standard InChI is InChI=1S/C15H18N2O3/c1-10-8-12(10)13-4-2-11(20-13)3-5-15(19)17-7-6-16-14(18)9-17/h2-5,10,12H,6-9H2,1H3,(H,16,18). The lowest BCUT2D eigenvalue weighted by Gasteiger charge is -2.25. The van der Waals surface area contributed by atoms with Crippen molar-refractivity contribution in [1.82, 2.24) is 10.2 Å². The third kappa shape index (κ3) is 2.76. The second kappa shape index (κ2) is 5.15. The van der Waals surface area contributed by atoms with Crippen LogP contribution >= 0.6 is 0 Å². The topological polar surface area (TPSA) is 62.6 Å². The molecule has 2 fully saturated rings. The zero-order valence-corrected chi connectivity index (χ0v) is 11.5. The van der Waals surface area contributed by atoms with Crippen molar-refractivity contribution in [1.29, 1.82) is 0 Å². The number of carbonyl (C=O) groups excluding carboxylic acids is 2. The Morgan fingerprint density at radius 2 is 2.30 bits per heavy atom. The maximum atomic E-state index is 11.9. The van der Waals surface area contributed by atoms with Crippen LogP contribution in [-0.2, 0) is 9.59 Å². The van der Waals surface area contributed by atoms with E-state index >= 15 is 0 Å². The first-order valence-electron chi connectivity index (χ1n) is 6.97. The molecule has 1 saturated heterocycles. The van der Waals surface area contributed by atoms with E-state index in [4.69, 9.17) is 4.42 Å². The van der Waals surface area contributed by atoms with Gasteiger partial charge < -0.3 is 14.6 Å². The molecule has 3 rings (SSSR count). The summed E-state index contributed by atoms with van der Waals surface area (Å²) in [6, 6.07) is 3.86. The molecule has 1 aliphatic heterocycles. The Morgan fingerprint density at radius 1 is 1.50 bits per heavy atom. The predicted octanol–water partition coefficient (Wildman–Crippen LogP) is 1.37. The average molecular weight is 274 g/mol. The summed E-state index contributed by atoms with van der Waals surface area (Å²) in [5.41, 5.74) is 0. The van der Waals surface area contributed by atoms with E-state index in [2.05, 4.69) is 12.2 Å². The van der Waals surface area contributed by atoms with Crippen molar-refractivity contribution in [2.45, 2.75) is 19.3 Å². The minimum Gasteiger partial charge on any atom is -0.461 e. The summed E-state index contributed by atoms with van der Waals surface area (Å²) in [5, 5.41) is 2.69. The Morgan fingerprint density at radius 3 is 3.00 bits per heavy atom. The van der Waals surface area contributed by atoms with Crippen molar-refractivity contribution < 1.29 is 14.0 Å². The summed E-state index contributed by atoms with van der Waals surface area (Å²) < 4.78 is 5.70. The number of amides is 2. The van der Waals surface area contributed by atoms with Gasteiger partial charge in [0.25, 0.3) is 0 Å². The summed E-state index contributed by atoms with van der Waals surface area (Å²) in [6.07, 6.45) is 4.32. The number of hydrogen-bond donors (Lipinski definition) is 1. The number of nitrogens with one attached hydrogen (secondary N) is 1. The van der Waals surface area contributed by atoms with Crippen LogP contribution in [0.25, 0.3) is 6.08 Å². The molecule has 20 heavy (non-hydrogen) atoms. The Bertz CT molecular complexity index is 561. The van der Waals surface area contributed by atoms with Gasteiger partial charge in [0.1, 0.15) is 11.5 Å². The smallest absolute Gasteiger partial charge is 0.247 e. The zero-order valence-electron chi connectivity index (χ0n) is 11.5. The molecule has 0 spiro atoms. The number of furan rings is 1. The van der Waals surface area contributed by atoms with Crippen LogP contribution in [-0.4, -0.2) is 36.3 Å². The van der Waals surface area contributed by atoms with Crippen molar-refractivity contribution in [3.8, 4) is 0 Å². The number of nitrogens with zero attached hydrogens (tertiary/aromatic N) is 1. The van der Waals surface area contributed by atoms with Gasteiger partial charge in [0.05, 0.1) is 6.54 Å².